The minimum atomic E-state index is -0.911. The third-order valence-corrected chi connectivity index (χ3v) is 5.43. The van der Waals surface area contributed by atoms with E-state index in [-0.39, 0.29) is 18.6 Å². The number of ether oxygens (including phenoxy) is 2. The van der Waals surface area contributed by atoms with Gasteiger partial charge in [-0.2, -0.15) is 0 Å². The Morgan fingerprint density at radius 2 is 1.96 bits per heavy atom. The molecule has 4 rings (SSSR count). The lowest BCUT2D eigenvalue weighted by molar-refractivity contribution is -0.142. The first-order valence-electron chi connectivity index (χ1n) is 9.17. The highest BCUT2D eigenvalue weighted by Crippen LogP contribution is 2.50. The number of fused-ring (bicyclic) bond motifs is 3. The molecule has 0 saturated heterocycles. The van der Waals surface area contributed by atoms with Gasteiger partial charge in [0, 0.05) is 11.6 Å². The Kier molecular flexibility index (Phi) is 4.77. The topological polar surface area (TPSA) is 84.9 Å². The van der Waals surface area contributed by atoms with E-state index in [9.17, 15) is 14.7 Å². The highest BCUT2D eigenvalue weighted by atomic mass is 16.6. The number of esters is 1. The minimum Gasteiger partial charge on any atom is -0.482 e. The summed E-state index contributed by atoms with van der Waals surface area (Å²) in [6.07, 6.45) is 5.27. The van der Waals surface area contributed by atoms with Crippen LogP contribution in [0.4, 0.5) is 5.69 Å². The molecular formula is C22H21NO5. The Morgan fingerprint density at radius 3 is 2.68 bits per heavy atom. The zero-order valence-electron chi connectivity index (χ0n) is 15.4. The van der Waals surface area contributed by atoms with Gasteiger partial charge in [-0.3, -0.25) is 0 Å². The maximum atomic E-state index is 11.3. The molecule has 0 unspecified atom stereocenters. The number of anilines is 1. The van der Waals surface area contributed by atoms with Crippen molar-refractivity contribution in [1.82, 2.24) is 0 Å². The molecule has 0 aromatic heterocycles. The van der Waals surface area contributed by atoms with Crippen molar-refractivity contribution in [2.45, 2.75) is 18.4 Å². The molecule has 3 atom stereocenters. The normalized spacial score (nSPS) is 22.0. The van der Waals surface area contributed by atoms with Crippen molar-refractivity contribution < 1.29 is 24.2 Å². The summed E-state index contributed by atoms with van der Waals surface area (Å²) < 4.78 is 9.99. The predicted molar refractivity (Wildman–Crippen MR) is 104 cm³/mol. The third kappa shape index (κ3) is 3.33. The quantitative estimate of drug-likeness (QED) is 0.608. The van der Waals surface area contributed by atoms with Crippen molar-refractivity contribution in [1.29, 1.82) is 0 Å². The Hall–Kier alpha value is -3.28. The summed E-state index contributed by atoms with van der Waals surface area (Å²) >= 11 is 0. The fraction of sp³-hybridized carbons (Fsp3) is 0.273. The average molecular weight is 379 g/mol. The second-order valence-corrected chi connectivity index (χ2v) is 7.02. The summed E-state index contributed by atoms with van der Waals surface area (Å²) in [6.45, 7) is -0.120. The number of nitrogens with one attached hydrogen (secondary N) is 1. The van der Waals surface area contributed by atoms with Crippen LogP contribution in [-0.2, 0) is 9.53 Å². The molecule has 6 nitrogen and oxygen atoms in total. The van der Waals surface area contributed by atoms with Gasteiger partial charge < -0.3 is 19.9 Å². The van der Waals surface area contributed by atoms with E-state index in [1.54, 1.807) is 12.1 Å². The number of rotatable bonds is 5. The van der Waals surface area contributed by atoms with Crippen LogP contribution in [0.15, 0.2) is 54.6 Å². The Morgan fingerprint density at radius 1 is 1.18 bits per heavy atom. The molecule has 0 spiro atoms. The van der Waals surface area contributed by atoms with Crippen LogP contribution in [0.2, 0.25) is 0 Å². The third-order valence-electron chi connectivity index (χ3n) is 5.43. The first kappa shape index (κ1) is 18.1. The lowest BCUT2D eigenvalue weighted by atomic mass is 9.76. The van der Waals surface area contributed by atoms with Crippen LogP contribution in [0.1, 0.15) is 39.9 Å². The lowest BCUT2D eigenvalue weighted by Crippen LogP contribution is -2.29. The molecule has 1 heterocycles. The zero-order valence-corrected chi connectivity index (χ0v) is 15.4. The number of allylic oxidation sites excluding steroid dienone is 2. The minimum absolute atomic E-state index is 0.109. The Bertz CT molecular complexity index is 934. The summed E-state index contributed by atoms with van der Waals surface area (Å²) in [5, 5.41) is 12.9. The first-order valence-corrected chi connectivity index (χ1v) is 9.17. The molecule has 0 radical (unpaired) electrons. The van der Waals surface area contributed by atoms with Crippen LogP contribution in [0, 0.1) is 5.92 Å². The van der Waals surface area contributed by atoms with Crippen molar-refractivity contribution in [3.05, 3.63) is 71.3 Å². The molecule has 1 aliphatic carbocycles. The molecule has 0 bridgehead atoms. The van der Waals surface area contributed by atoms with Gasteiger partial charge in [-0.15, -0.1) is 0 Å². The molecular weight excluding hydrogens is 358 g/mol. The van der Waals surface area contributed by atoms with Gasteiger partial charge in [0.05, 0.1) is 18.7 Å². The number of aromatic carboxylic acids is 1. The van der Waals surface area contributed by atoms with Crippen molar-refractivity contribution >= 4 is 17.6 Å². The molecule has 2 aromatic carbocycles. The standard InChI is InChI=1S/C22H21NO5/c1-27-20(24)12-28-15-8-5-13(6-9-15)21-17-4-2-3-16(17)18-11-14(22(25)26)7-10-19(18)23-21/h2-3,5-11,16-17,21,23H,4,12H2,1H3,(H,25,26)/t16-,17-,21+/m0/s1. The summed E-state index contributed by atoms with van der Waals surface area (Å²) in [6, 6.07) is 13.1. The monoisotopic (exact) mass is 379 g/mol. The smallest absolute Gasteiger partial charge is 0.343 e. The average Bonchev–Trinajstić information content (AvgIpc) is 3.21. The second-order valence-electron chi connectivity index (χ2n) is 7.02. The molecule has 0 amide bonds. The van der Waals surface area contributed by atoms with Gasteiger partial charge in [-0.05, 0) is 53.8 Å². The molecule has 1 aliphatic heterocycles. The van der Waals surface area contributed by atoms with E-state index in [0.29, 0.717) is 17.2 Å². The number of methoxy groups -OCH3 is 1. The van der Waals surface area contributed by atoms with Gasteiger partial charge in [-0.1, -0.05) is 24.3 Å². The number of carboxylic acids is 1. The number of benzene rings is 2. The van der Waals surface area contributed by atoms with Crippen molar-refractivity contribution in [2.75, 3.05) is 19.0 Å². The maximum Gasteiger partial charge on any atom is 0.343 e. The van der Waals surface area contributed by atoms with Gasteiger partial charge >= 0.3 is 11.9 Å². The predicted octanol–water partition coefficient (Wildman–Crippen LogP) is 3.76. The first-order chi connectivity index (χ1) is 13.6. The van der Waals surface area contributed by atoms with E-state index in [1.807, 2.05) is 30.3 Å². The van der Waals surface area contributed by atoms with Crippen LogP contribution in [0.5, 0.6) is 5.75 Å². The number of hydrogen-bond donors (Lipinski definition) is 2. The fourth-order valence-electron chi connectivity index (χ4n) is 4.03. The van der Waals surface area contributed by atoms with Crippen LogP contribution in [0.3, 0.4) is 0 Å². The molecule has 2 aliphatic rings. The highest BCUT2D eigenvalue weighted by Gasteiger charge is 2.38. The molecule has 28 heavy (non-hydrogen) atoms. The maximum absolute atomic E-state index is 11.3. The Balaban J connectivity index is 1.58. The van der Waals surface area contributed by atoms with Crippen LogP contribution in [-0.4, -0.2) is 30.8 Å². The second kappa shape index (κ2) is 7.38. The van der Waals surface area contributed by atoms with E-state index in [0.717, 1.165) is 23.2 Å². The summed E-state index contributed by atoms with van der Waals surface area (Å²) in [5.41, 5.74) is 3.43. The van der Waals surface area contributed by atoms with Crippen molar-refractivity contribution in [3.63, 3.8) is 0 Å². The lowest BCUT2D eigenvalue weighted by Gasteiger charge is -2.37. The molecule has 0 fully saturated rings. The zero-order chi connectivity index (χ0) is 19.7. The number of carboxylic acid groups (broad SMARTS) is 1. The van der Waals surface area contributed by atoms with Gasteiger partial charge in [0.2, 0.25) is 0 Å². The van der Waals surface area contributed by atoms with E-state index in [4.69, 9.17) is 4.74 Å². The Labute approximate surface area is 162 Å². The van der Waals surface area contributed by atoms with Crippen molar-refractivity contribution in [2.24, 2.45) is 5.92 Å². The molecule has 6 heteroatoms. The largest absolute Gasteiger partial charge is 0.482 e. The number of carbonyl (C=O) groups excluding carboxylic acids is 1. The van der Waals surface area contributed by atoms with E-state index < -0.39 is 11.9 Å². The molecule has 0 saturated carbocycles. The summed E-state index contributed by atoms with van der Waals surface area (Å²) in [5.74, 6) is -0.215. The van der Waals surface area contributed by atoms with Gasteiger partial charge in [0.25, 0.3) is 0 Å². The summed E-state index contributed by atoms with van der Waals surface area (Å²) in [7, 11) is 1.33. The number of carbonyl (C=O) groups is 2. The van der Waals surface area contributed by atoms with Gasteiger partial charge in [0.1, 0.15) is 5.75 Å². The SMILES string of the molecule is COC(=O)COc1ccc([C@H]2Nc3ccc(C(=O)O)cc3[C@H]3C=CC[C@@H]32)cc1. The molecule has 2 aromatic rings. The number of hydrogen-bond acceptors (Lipinski definition) is 5. The van der Waals surface area contributed by atoms with Gasteiger partial charge in [0.15, 0.2) is 6.61 Å². The molecule has 144 valence electrons. The van der Waals surface area contributed by atoms with Crippen LogP contribution in [0.25, 0.3) is 0 Å². The van der Waals surface area contributed by atoms with Crippen LogP contribution < -0.4 is 10.1 Å². The van der Waals surface area contributed by atoms with Gasteiger partial charge in [-0.25, -0.2) is 9.59 Å². The van der Waals surface area contributed by atoms with E-state index >= 15 is 0 Å². The van der Waals surface area contributed by atoms with E-state index in [2.05, 4.69) is 22.2 Å². The molecule has 2 N–H and O–H groups in total. The fourth-order valence-corrected chi connectivity index (χ4v) is 4.03. The van der Waals surface area contributed by atoms with E-state index in [1.165, 1.54) is 7.11 Å². The highest BCUT2D eigenvalue weighted by molar-refractivity contribution is 5.89. The summed E-state index contributed by atoms with van der Waals surface area (Å²) in [4.78, 5) is 22.5. The van der Waals surface area contributed by atoms with Crippen LogP contribution >= 0.6 is 0 Å². The van der Waals surface area contributed by atoms with Crippen molar-refractivity contribution in [3.8, 4) is 5.75 Å².